The van der Waals surface area contributed by atoms with Gasteiger partial charge in [0, 0.05) is 29.0 Å². The summed E-state index contributed by atoms with van der Waals surface area (Å²) in [6, 6.07) is 5.96. The quantitative estimate of drug-likeness (QED) is 0.686. The van der Waals surface area contributed by atoms with Gasteiger partial charge in [-0.1, -0.05) is 17.7 Å². The van der Waals surface area contributed by atoms with Crippen molar-refractivity contribution >= 4 is 29.3 Å². The number of aromatic nitrogens is 4. The van der Waals surface area contributed by atoms with E-state index in [1.165, 1.54) is 29.2 Å². The number of carbonyl (C=O) groups excluding carboxylic acids is 1. The second-order valence-electron chi connectivity index (χ2n) is 5.37. The minimum Gasteiger partial charge on any atom is -0.480 e. The summed E-state index contributed by atoms with van der Waals surface area (Å²) in [6.45, 7) is -0.233. The number of amides is 1. The topological polar surface area (TPSA) is 102 Å². The van der Waals surface area contributed by atoms with Crippen LogP contribution in [0, 0.1) is 5.82 Å². The SMILES string of the molecule is O=C(O)Cn1cc(C(=O)Nc2ccn(Cc3c(F)cccc3Cl)n2)cn1. The van der Waals surface area contributed by atoms with Crippen molar-refractivity contribution < 1.29 is 19.1 Å². The maximum atomic E-state index is 13.8. The first-order valence-electron chi connectivity index (χ1n) is 7.44. The predicted octanol–water partition coefficient (Wildman–Crippen LogP) is 2.26. The predicted molar refractivity (Wildman–Crippen MR) is 90.6 cm³/mol. The van der Waals surface area contributed by atoms with E-state index in [1.54, 1.807) is 18.3 Å². The third kappa shape index (κ3) is 4.06. The van der Waals surface area contributed by atoms with Crippen LogP contribution in [-0.2, 0) is 17.9 Å². The van der Waals surface area contributed by atoms with E-state index >= 15 is 0 Å². The molecule has 8 nitrogen and oxygen atoms in total. The number of hydrogen-bond acceptors (Lipinski definition) is 4. The van der Waals surface area contributed by atoms with Gasteiger partial charge in [0.2, 0.25) is 0 Å². The average Bonchev–Trinajstić information content (AvgIpc) is 3.20. The highest BCUT2D eigenvalue weighted by Gasteiger charge is 2.13. The number of rotatable bonds is 6. The number of benzene rings is 1. The molecular weight excluding hydrogens is 365 g/mol. The van der Waals surface area contributed by atoms with Crippen LogP contribution in [0.15, 0.2) is 42.9 Å². The van der Waals surface area contributed by atoms with E-state index in [1.807, 2.05) is 0 Å². The third-order valence-corrected chi connectivity index (χ3v) is 3.81. The molecule has 0 aliphatic heterocycles. The van der Waals surface area contributed by atoms with Crippen LogP contribution < -0.4 is 5.32 Å². The molecule has 0 bridgehead atoms. The molecule has 0 saturated heterocycles. The number of nitrogens with one attached hydrogen (secondary N) is 1. The van der Waals surface area contributed by atoms with Gasteiger partial charge in [0.1, 0.15) is 12.4 Å². The molecule has 3 rings (SSSR count). The minimum atomic E-state index is -1.06. The van der Waals surface area contributed by atoms with Crippen LogP contribution in [0.1, 0.15) is 15.9 Å². The first-order valence-corrected chi connectivity index (χ1v) is 7.82. The highest BCUT2D eigenvalue weighted by atomic mass is 35.5. The van der Waals surface area contributed by atoms with Gasteiger partial charge in [0.25, 0.3) is 5.91 Å². The molecule has 0 spiro atoms. The van der Waals surface area contributed by atoms with Crippen LogP contribution in [0.4, 0.5) is 10.2 Å². The summed E-state index contributed by atoms with van der Waals surface area (Å²) in [5, 5.41) is 19.5. The molecule has 0 aliphatic carbocycles. The number of carboxylic acids is 1. The Kier molecular flexibility index (Phi) is 4.99. The van der Waals surface area contributed by atoms with Crippen molar-refractivity contribution in [2.45, 2.75) is 13.1 Å². The average molecular weight is 378 g/mol. The molecule has 1 amide bonds. The second kappa shape index (κ2) is 7.36. The van der Waals surface area contributed by atoms with Crippen molar-refractivity contribution in [3.63, 3.8) is 0 Å². The maximum Gasteiger partial charge on any atom is 0.325 e. The van der Waals surface area contributed by atoms with Crippen LogP contribution in [0.25, 0.3) is 0 Å². The van der Waals surface area contributed by atoms with Crippen molar-refractivity contribution in [1.29, 1.82) is 0 Å². The lowest BCUT2D eigenvalue weighted by Gasteiger charge is -2.06. The summed E-state index contributed by atoms with van der Waals surface area (Å²) in [5.74, 6) is -1.74. The third-order valence-electron chi connectivity index (χ3n) is 3.46. The minimum absolute atomic E-state index is 0.109. The van der Waals surface area contributed by atoms with E-state index in [4.69, 9.17) is 16.7 Å². The fraction of sp³-hybridized carbons (Fsp3) is 0.125. The van der Waals surface area contributed by atoms with Gasteiger partial charge in [0.05, 0.1) is 18.3 Å². The lowest BCUT2D eigenvalue weighted by molar-refractivity contribution is -0.137. The molecule has 1 aromatic carbocycles. The van der Waals surface area contributed by atoms with Crippen molar-refractivity contribution in [3.05, 3.63) is 64.8 Å². The molecule has 2 heterocycles. The van der Waals surface area contributed by atoms with Crippen LogP contribution in [0.2, 0.25) is 5.02 Å². The fourth-order valence-electron chi connectivity index (χ4n) is 2.26. The van der Waals surface area contributed by atoms with Crippen molar-refractivity contribution in [2.24, 2.45) is 0 Å². The fourth-order valence-corrected chi connectivity index (χ4v) is 2.48. The van der Waals surface area contributed by atoms with E-state index < -0.39 is 17.7 Å². The molecule has 134 valence electrons. The number of carbonyl (C=O) groups is 2. The number of aliphatic carboxylic acids is 1. The Hall–Kier alpha value is -3.20. The Balaban J connectivity index is 1.67. The molecule has 10 heteroatoms. The largest absolute Gasteiger partial charge is 0.480 e. The molecule has 0 unspecified atom stereocenters. The van der Waals surface area contributed by atoms with Crippen LogP contribution in [-0.4, -0.2) is 36.5 Å². The van der Waals surface area contributed by atoms with Crippen LogP contribution >= 0.6 is 11.6 Å². The van der Waals surface area contributed by atoms with E-state index in [0.717, 1.165) is 4.68 Å². The van der Waals surface area contributed by atoms with Gasteiger partial charge >= 0.3 is 5.97 Å². The van der Waals surface area contributed by atoms with Gasteiger partial charge in [-0.2, -0.15) is 10.2 Å². The Labute approximate surface area is 151 Å². The Morgan fingerprint density at radius 1 is 1.27 bits per heavy atom. The first-order chi connectivity index (χ1) is 12.4. The molecule has 2 N–H and O–H groups in total. The van der Waals surface area contributed by atoms with Gasteiger partial charge in [-0.3, -0.25) is 19.0 Å². The zero-order chi connectivity index (χ0) is 18.7. The van der Waals surface area contributed by atoms with Crippen molar-refractivity contribution in [2.75, 3.05) is 5.32 Å². The Morgan fingerprint density at radius 3 is 2.81 bits per heavy atom. The van der Waals surface area contributed by atoms with Crippen molar-refractivity contribution in [1.82, 2.24) is 19.6 Å². The summed E-state index contributed by atoms with van der Waals surface area (Å²) >= 11 is 5.99. The van der Waals surface area contributed by atoms with Gasteiger partial charge in [0.15, 0.2) is 5.82 Å². The smallest absolute Gasteiger partial charge is 0.325 e. The van der Waals surface area contributed by atoms with Gasteiger partial charge in [-0.15, -0.1) is 0 Å². The molecule has 0 aliphatic rings. The number of anilines is 1. The summed E-state index contributed by atoms with van der Waals surface area (Å²) < 4.78 is 16.4. The van der Waals surface area contributed by atoms with Gasteiger partial charge in [-0.25, -0.2) is 4.39 Å². The highest BCUT2D eigenvalue weighted by molar-refractivity contribution is 6.31. The van der Waals surface area contributed by atoms with Crippen LogP contribution in [0.5, 0.6) is 0 Å². The second-order valence-corrected chi connectivity index (χ2v) is 5.78. The van der Waals surface area contributed by atoms with E-state index in [0.29, 0.717) is 5.56 Å². The van der Waals surface area contributed by atoms with Gasteiger partial charge < -0.3 is 10.4 Å². The molecular formula is C16H13ClFN5O3. The lowest BCUT2D eigenvalue weighted by atomic mass is 10.2. The zero-order valence-corrected chi connectivity index (χ0v) is 14.0. The normalized spacial score (nSPS) is 10.7. The molecule has 0 radical (unpaired) electrons. The molecule has 0 atom stereocenters. The summed E-state index contributed by atoms with van der Waals surface area (Å²) in [6.07, 6.45) is 4.15. The van der Waals surface area contributed by atoms with Gasteiger partial charge in [-0.05, 0) is 12.1 Å². The number of carboxylic acid groups (broad SMARTS) is 1. The summed E-state index contributed by atoms with van der Waals surface area (Å²) in [4.78, 5) is 22.8. The van der Waals surface area contributed by atoms with E-state index in [2.05, 4.69) is 15.5 Å². The molecule has 2 aromatic heterocycles. The number of hydrogen-bond donors (Lipinski definition) is 2. The summed E-state index contributed by atoms with van der Waals surface area (Å²) in [5.41, 5.74) is 0.489. The Bertz CT molecular complexity index is 948. The zero-order valence-electron chi connectivity index (χ0n) is 13.3. The molecule has 0 saturated carbocycles. The van der Waals surface area contributed by atoms with Crippen LogP contribution in [0.3, 0.4) is 0 Å². The lowest BCUT2D eigenvalue weighted by Crippen LogP contribution is -2.13. The summed E-state index contributed by atoms with van der Waals surface area (Å²) in [7, 11) is 0. The standard InChI is InChI=1S/C16H13ClFN5O3/c17-12-2-1-3-13(18)11(12)8-22-5-4-14(21-22)20-16(26)10-6-19-23(7-10)9-15(24)25/h1-7H,8-9H2,(H,24,25)(H,20,21,26). The maximum absolute atomic E-state index is 13.8. The number of nitrogens with zero attached hydrogens (tertiary/aromatic N) is 4. The Morgan fingerprint density at radius 2 is 2.08 bits per heavy atom. The molecule has 26 heavy (non-hydrogen) atoms. The van der Waals surface area contributed by atoms with E-state index in [9.17, 15) is 14.0 Å². The monoisotopic (exact) mass is 377 g/mol. The molecule has 0 fully saturated rings. The first kappa shape index (κ1) is 17.6. The highest BCUT2D eigenvalue weighted by Crippen LogP contribution is 2.20. The van der Waals surface area contributed by atoms with E-state index in [-0.39, 0.29) is 29.5 Å². The number of halogens is 2. The van der Waals surface area contributed by atoms with Crippen molar-refractivity contribution in [3.8, 4) is 0 Å². The molecule has 3 aromatic rings.